The number of aromatic nitrogens is 1. The number of nitrogens with one attached hydrogen (secondary N) is 1. The van der Waals surface area contributed by atoms with Crippen LogP contribution < -0.4 is 9.51 Å². The fraction of sp³-hybridized carbons (Fsp3) is 0. The van der Waals surface area contributed by atoms with Gasteiger partial charge in [-0.15, -0.1) is 4.83 Å². The Hall–Kier alpha value is -1.40. The van der Waals surface area contributed by atoms with E-state index >= 15 is 0 Å². The number of hydrogen-bond donors (Lipinski definition) is 1. The minimum Gasteiger partial charge on any atom is -0.751 e. The zero-order chi connectivity index (χ0) is 9.26. The maximum atomic E-state index is 10.3. The lowest BCUT2D eigenvalue weighted by Crippen LogP contribution is -2.44. The molecule has 0 saturated carbocycles. The van der Waals surface area contributed by atoms with E-state index in [1.807, 2.05) is 6.07 Å². The lowest BCUT2D eigenvalue weighted by atomic mass is 10.3. The van der Waals surface area contributed by atoms with E-state index in [9.17, 15) is 8.76 Å². The smallest absolute Gasteiger partial charge is 0.365 e. The zero-order valence-electron chi connectivity index (χ0n) is 6.47. The third kappa shape index (κ3) is 1.53. The molecular formula is C7H6N2O3S. The molecule has 0 aliphatic carbocycles. The molecule has 6 heteroatoms. The summed E-state index contributed by atoms with van der Waals surface area (Å²) in [4.78, 5) is 2.17. The van der Waals surface area contributed by atoms with Gasteiger partial charge in [0.15, 0.2) is 0 Å². The minimum absolute atomic E-state index is 0.625. The second kappa shape index (κ2) is 3.15. The second-order valence-electron chi connectivity index (χ2n) is 2.39. The fourth-order valence-corrected chi connectivity index (χ4v) is 1.38. The molecule has 2 rings (SSSR count). The van der Waals surface area contributed by atoms with E-state index in [0.29, 0.717) is 11.1 Å². The first kappa shape index (κ1) is 8.21. The van der Waals surface area contributed by atoms with Crippen molar-refractivity contribution in [3.8, 4) is 0 Å². The molecule has 2 aromatic rings. The van der Waals surface area contributed by atoms with Gasteiger partial charge in [0.2, 0.25) is 5.58 Å². The van der Waals surface area contributed by atoms with E-state index in [4.69, 9.17) is 4.42 Å². The fourth-order valence-electron chi connectivity index (χ4n) is 1.07. The summed E-state index contributed by atoms with van der Waals surface area (Å²) in [6, 6.07) is 7.11. The number of nitrogens with zero attached hydrogens (tertiary/aromatic N) is 1. The largest absolute Gasteiger partial charge is 0.751 e. The van der Waals surface area contributed by atoms with Crippen LogP contribution >= 0.6 is 0 Å². The van der Waals surface area contributed by atoms with Crippen LogP contribution in [0, 0.1) is 0 Å². The average molecular weight is 198 g/mol. The molecule has 0 fully saturated rings. The Kier molecular flexibility index (Phi) is 1.99. The maximum Gasteiger partial charge on any atom is 0.365 e. The molecule has 1 aromatic heterocycles. The van der Waals surface area contributed by atoms with Crippen LogP contribution in [-0.2, 0) is 11.3 Å². The molecular weight excluding hydrogens is 192 g/mol. The Morgan fingerprint density at radius 3 is 3.00 bits per heavy atom. The highest BCUT2D eigenvalue weighted by atomic mass is 32.2. The number of benzene rings is 1. The molecule has 0 radical (unpaired) electrons. The topological polar surface area (TPSA) is 69.2 Å². The van der Waals surface area contributed by atoms with Gasteiger partial charge in [0.05, 0.1) is 0 Å². The number of para-hydroxylation sites is 2. The number of fused-ring (bicyclic) bond motifs is 1. The van der Waals surface area contributed by atoms with Crippen LogP contribution in [0.15, 0.2) is 35.1 Å². The number of rotatable bonds is 2. The molecule has 0 aliphatic rings. The Bertz CT molecular complexity index is 454. The normalized spacial score (nSPS) is 13.0. The lowest BCUT2D eigenvalue weighted by Gasteiger charge is -1.98. The molecule has 13 heavy (non-hydrogen) atoms. The summed E-state index contributed by atoms with van der Waals surface area (Å²) in [6.07, 6.45) is 1.29. The van der Waals surface area contributed by atoms with Gasteiger partial charge in [-0.2, -0.15) is 0 Å². The minimum atomic E-state index is -2.35. The summed E-state index contributed by atoms with van der Waals surface area (Å²) in [5, 5.41) is 0. The van der Waals surface area contributed by atoms with E-state index in [0.717, 1.165) is 0 Å². The van der Waals surface area contributed by atoms with Crippen LogP contribution in [0.25, 0.3) is 11.1 Å². The molecule has 68 valence electrons. The van der Waals surface area contributed by atoms with E-state index in [1.165, 1.54) is 11.1 Å². The first-order valence-corrected chi connectivity index (χ1v) is 4.58. The molecule has 0 spiro atoms. The molecule has 1 unspecified atom stereocenters. The molecule has 1 N–H and O–H groups in total. The highest BCUT2D eigenvalue weighted by Gasteiger charge is 2.11. The molecule has 0 bridgehead atoms. The van der Waals surface area contributed by atoms with Crippen molar-refractivity contribution in [3.05, 3.63) is 30.7 Å². The molecule has 0 amide bonds. The average Bonchev–Trinajstić information content (AvgIpc) is 2.48. The van der Waals surface area contributed by atoms with Gasteiger partial charge >= 0.3 is 6.39 Å². The molecule has 1 heterocycles. The first-order chi connectivity index (χ1) is 6.27. The predicted octanol–water partition coefficient (Wildman–Crippen LogP) is 0.0579. The first-order valence-electron chi connectivity index (χ1n) is 3.51. The summed E-state index contributed by atoms with van der Waals surface area (Å²) < 4.78 is 27.0. The van der Waals surface area contributed by atoms with Crippen LogP contribution in [-0.4, -0.2) is 8.76 Å². The summed E-state index contributed by atoms with van der Waals surface area (Å²) in [5.41, 5.74) is 1.30. The summed E-state index contributed by atoms with van der Waals surface area (Å²) >= 11 is -2.35. The predicted molar refractivity (Wildman–Crippen MR) is 44.7 cm³/mol. The van der Waals surface area contributed by atoms with Crippen LogP contribution in [0.3, 0.4) is 0 Å². The van der Waals surface area contributed by atoms with E-state index < -0.39 is 11.3 Å². The van der Waals surface area contributed by atoms with Gasteiger partial charge in [-0.25, -0.2) is 4.21 Å². The van der Waals surface area contributed by atoms with E-state index in [2.05, 4.69) is 4.83 Å². The van der Waals surface area contributed by atoms with Gasteiger partial charge < -0.3 is 8.97 Å². The third-order valence-corrected chi connectivity index (χ3v) is 1.93. The van der Waals surface area contributed by atoms with Crippen molar-refractivity contribution >= 4 is 22.4 Å². The molecule has 1 atom stereocenters. The molecule has 5 nitrogen and oxygen atoms in total. The van der Waals surface area contributed by atoms with Crippen LogP contribution in [0.2, 0.25) is 0 Å². The van der Waals surface area contributed by atoms with Crippen LogP contribution in [0.1, 0.15) is 0 Å². The van der Waals surface area contributed by atoms with Crippen molar-refractivity contribution in [1.29, 1.82) is 0 Å². The Labute approximate surface area is 76.4 Å². The lowest BCUT2D eigenvalue weighted by molar-refractivity contribution is -0.614. The Morgan fingerprint density at radius 2 is 2.23 bits per heavy atom. The van der Waals surface area contributed by atoms with Gasteiger partial charge in [0.25, 0.3) is 5.52 Å². The van der Waals surface area contributed by atoms with Gasteiger partial charge in [0, 0.05) is 6.07 Å². The molecule has 0 saturated heterocycles. The van der Waals surface area contributed by atoms with E-state index in [-0.39, 0.29) is 0 Å². The van der Waals surface area contributed by atoms with E-state index in [1.54, 1.807) is 18.2 Å². The summed E-state index contributed by atoms with van der Waals surface area (Å²) in [7, 11) is 0. The van der Waals surface area contributed by atoms with Gasteiger partial charge in [-0.3, -0.25) is 0 Å². The van der Waals surface area contributed by atoms with Crippen molar-refractivity contribution in [1.82, 2.24) is 0 Å². The summed E-state index contributed by atoms with van der Waals surface area (Å²) in [6.45, 7) is 0. The highest BCUT2D eigenvalue weighted by molar-refractivity contribution is 7.79. The van der Waals surface area contributed by atoms with Crippen molar-refractivity contribution in [2.24, 2.45) is 0 Å². The van der Waals surface area contributed by atoms with Crippen molar-refractivity contribution in [3.63, 3.8) is 0 Å². The molecule has 1 aromatic carbocycles. The number of oxazole rings is 1. The standard InChI is InChI=1S/C7H6N2O3S/c10-13(11)8-9-5-12-7-4-2-1-3-6(7)9/h1-5,8H. The van der Waals surface area contributed by atoms with Crippen molar-refractivity contribution < 1.29 is 17.9 Å². The molecule has 0 aliphatic heterocycles. The van der Waals surface area contributed by atoms with Crippen molar-refractivity contribution in [2.75, 3.05) is 4.83 Å². The SMILES string of the molecule is O=S([O-])N[n+]1coc2ccccc21. The Balaban J connectivity index is 2.51. The van der Waals surface area contributed by atoms with Gasteiger partial charge in [0.1, 0.15) is 11.3 Å². The quantitative estimate of drug-likeness (QED) is 0.548. The highest BCUT2D eigenvalue weighted by Crippen LogP contribution is 2.07. The Morgan fingerprint density at radius 1 is 1.46 bits per heavy atom. The second-order valence-corrected chi connectivity index (χ2v) is 3.04. The monoisotopic (exact) mass is 198 g/mol. The maximum absolute atomic E-state index is 10.3. The van der Waals surface area contributed by atoms with Crippen LogP contribution in [0.5, 0.6) is 0 Å². The van der Waals surface area contributed by atoms with Crippen molar-refractivity contribution in [2.45, 2.75) is 0 Å². The zero-order valence-corrected chi connectivity index (χ0v) is 7.28. The van der Waals surface area contributed by atoms with Gasteiger partial charge in [-0.05, 0) is 10.7 Å². The number of hydrogen-bond acceptors (Lipinski definition) is 3. The third-order valence-electron chi connectivity index (χ3n) is 1.58. The van der Waals surface area contributed by atoms with Gasteiger partial charge in [-0.1, -0.05) is 12.1 Å². The summed E-state index contributed by atoms with van der Waals surface area (Å²) in [5.74, 6) is 0. The van der Waals surface area contributed by atoms with Crippen LogP contribution in [0.4, 0.5) is 0 Å².